The predicted octanol–water partition coefficient (Wildman–Crippen LogP) is 11.5. The topological polar surface area (TPSA) is 586 Å². The third-order valence-corrected chi connectivity index (χ3v) is 30.1. The SMILES string of the molecule is [B]C(=O)N1[C@H](Cc2ccccc2)[C@H]1CN(CC(C)C)S(=O)(=O)c1ccc([N+](=O)[O-])cc1.[B]C(=O)N[C@@H](Cc1ccccc1)[C@H](N)CN(CC(C)C)S(=O)(=O)c1ccc([N+](=O)[O-])cc1.[B]C(=O)N[C@H](CN(CC(C)C)S(=O)(=O)c1ccc([N+](=O)[O-])cc1)[C@H](Cc1ccccc1)N=[N+]=[N-].[B]C(=O)N[C@H](Cc1ccccc1)[C@@H](O)CN(CC(C)C)S(=O)(=O)c1ccc([N+](=O)[O-])cc1.[B]C(=O)N[C@H](Cc1ccccc1)[C@@H](O)CNCC(C)C. The molecule has 0 spiro atoms. The molecule has 0 unspecified atom stereocenters. The third kappa shape index (κ3) is 42.2. The Morgan fingerprint density at radius 2 is 0.644 bits per heavy atom. The van der Waals surface area contributed by atoms with E-state index in [1.165, 1.54) is 49.9 Å². The number of carbonyl (C=O) groups is 5. The summed E-state index contributed by atoms with van der Waals surface area (Å²) in [7, 11) is 10.6. The summed E-state index contributed by atoms with van der Waals surface area (Å²) in [6, 6.07) is 60.6. The monoisotopic (exact) mass is 2120 g/mol. The minimum absolute atomic E-state index is 0.00769. The first kappa shape index (κ1) is 125. The van der Waals surface area contributed by atoms with Crippen LogP contribution in [0.2, 0.25) is 0 Å². The lowest BCUT2D eigenvalue weighted by atomic mass is 9.97. The lowest BCUT2D eigenvalue weighted by molar-refractivity contribution is -0.385. The first-order valence-corrected chi connectivity index (χ1v) is 53.3. The average Bonchev–Trinajstić information content (AvgIpc) is 1.59. The third-order valence-electron chi connectivity index (χ3n) is 22.7. The Hall–Kier alpha value is -13.0. The van der Waals surface area contributed by atoms with E-state index in [2.05, 4.69) is 50.5 Å². The maximum atomic E-state index is 13.4. The van der Waals surface area contributed by atoms with Crippen molar-refractivity contribution in [2.75, 3.05) is 65.4 Å². The van der Waals surface area contributed by atoms with Crippen LogP contribution in [0.3, 0.4) is 0 Å². The van der Waals surface area contributed by atoms with Crippen LogP contribution in [-0.4, -0.2) is 280 Å². The van der Waals surface area contributed by atoms with Crippen LogP contribution in [-0.2, 0) is 72.2 Å². The number of nitrogens with zero attached hydrogens (tertiary/aromatic N) is 12. The van der Waals surface area contributed by atoms with Crippen LogP contribution in [0, 0.1) is 70.0 Å². The van der Waals surface area contributed by atoms with Gasteiger partial charge in [0.15, 0.2) is 29.0 Å². The van der Waals surface area contributed by atoms with Crippen molar-refractivity contribution in [3.8, 4) is 0 Å². The standard InChI is InChI=1S/C21H25BN6O5S.C21H27BN4O5S.C21H26BN3O6S.C21H24BN3O5S.C15H23BN2O2/c1-15(2)13-27(34(32,33)18-10-8-17(9-11-18)28(30)31)14-20(24-21(22)29)19(25-26-23)12-16-6-4-3-5-7-16;1-15(2)13-25(32(30,31)18-10-8-17(9-11-18)26(28)29)14-19(23)20(24-21(22)27)12-16-6-4-3-5-7-16;1-15(2)13-24(32(30,31)18-10-8-17(9-11-18)25(28)29)14-20(26)19(23-21(22)27)12-16-6-4-3-5-7-16;1-15(2)13-23(31(29,30)18-10-8-17(9-11-18)25(27)28)14-20-19(24(20)21(22)26)12-16-6-4-3-5-7-16;1-11(2)9-17-10-14(19)13(18-15(16)20)8-12-6-4-3-5-7-12/h3-11,15,19-20H,12-14H2,1-2H3,(H,24,29);3-11,15,19-20H,12-14,23H2,1-2H3,(H,24,27);3-11,15,19-20,26H,12-14H2,1-2H3,(H,23,27);3-11,15,19-20H,12-14H2,1-2H3;3-7,11,13-14,17,19H,8-10H2,1-2H3,(H,18,20)/t3*19-,20+;19-,20-,24?;13-,14+/m01111/s1. The van der Waals surface area contributed by atoms with Gasteiger partial charge in [-0.1, -0.05) is 226 Å². The molecule has 10 radical (unpaired) electrons. The van der Waals surface area contributed by atoms with Crippen molar-refractivity contribution in [2.45, 2.75) is 181 Å². The van der Waals surface area contributed by atoms with Crippen molar-refractivity contribution >= 4 is 131 Å². The lowest BCUT2D eigenvalue weighted by Crippen LogP contribution is -2.54. The molecular weight excluding hydrogens is 1990 g/mol. The normalized spacial score (nSPS) is 14.6. The van der Waals surface area contributed by atoms with E-state index < -0.39 is 137 Å². The highest BCUT2D eigenvalue weighted by atomic mass is 32.2. The summed E-state index contributed by atoms with van der Waals surface area (Å²) in [5.41, 5.74) is 19.3. The minimum atomic E-state index is -4.11. The molecule has 1 heterocycles. The first-order chi connectivity index (χ1) is 70.1. The van der Waals surface area contributed by atoms with Gasteiger partial charge >= 0.3 is 0 Å². The number of aliphatic hydroxyl groups excluding tert-OH is 2. The van der Waals surface area contributed by atoms with Gasteiger partial charge in [-0.2, -0.15) is 17.2 Å². The van der Waals surface area contributed by atoms with E-state index in [9.17, 15) is 108 Å². The Morgan fingerprint density at radius 1 is 0.369 bits per heavy atom. The Bertz CT molecular complexity index is 6190. The summed E-state index contributed by atoms with van der Waals surface area (Å²) in [5, 5.41) is 81.8. The molecule has 9 N–H and O–H groups in total. The quantitative estimate of drug-likeness (QED) is 0.00334. The van der Waals surface area contributed by atoms with E-state index in [1.54, 1.807) is 0 Å². The molecule has 0 aromatic heterocycles. The molecule has 41 nitrogen and oxygen atoms in total. The molecule has 1 aliphatic rings. The second-order valence-corrected chi connectivity index (χ2v) is 45.0. The zero-order valence-corrected chi connectivity index (χ0v) is 87.6. The van der Waals surface area contributed by atoms with Crippen LogP contribution in [0.25, 0.3) is 10.4 Å². The van der Waals surface area contributed by atoms with Gasteiger partial charge in [-0.25, -0.2) is 33.7 Å². The molecule has 1 saturated heterocycles. The molecule has 9 aromatic rings. The van der Waals surface area contributed by atoms with E-state index in [4.69, 9.17) is 50.5 Å². The number of hydrogen-bond acceptors (Lipinski definition) is 26. The number of nitrogens with two attached hydrogens (primary N) is 1. The fraction of sp³-hybridized carbons (Fsp3) is 0.404. The molecule has 10 rings (SSSR count). The lowest BCUT2D eigenvalue weighted by Gasteiger charge is -2.31. The zero-order valence-electron chi connectivity index (χ0n) is 84.4. The first-order valence-electron chi connectivity index (χ1n) is 47.5. The molecule has 0 aliphatic carbocycles. The van der Waals surface area contributed by atoms with Gasteiger partial charge in [-0.3, -0.25) is 64.4 Å². The molecule has 1 fully saturated rings. The van der Waals surface area contributed by atoms with Crippen molar-refractivity contribution < 1.29 is 87.6 Å². The van der Waals surface area contributed by atoms with Gasteiger partial charge in [-0.05, 0) is 150 Å². The molecule has 9 aromatic carbocycles. The highest BCUT2D eigenvalue weighted by Gasteiger charge is 2.51. The van der Waals surface area contributed by atoms with Gasteiger partial charge in [0.25, 0.3) is 22.7 Å². The van der Waals surface area contributed by atoms with Crippen LogP contribution in [0.4, 0.5) is 46.7 Å². The summed E-state index contributed by atoms with van der Waals surface area (Å²) < 4.78 is 111. The molecule has 5 amide bonds. The van der Waals surface area contributed by atoms with E-state index in [0.29, 0.717) is 31.7 Å². The number of benzene rings is 9. The van der Waals surface area contributed by atoms with Crippen LogP contribution in [0.15, 0.2) is 273 Å². The number of nitro benzene ring substituents is 4. The highest BCUT2D eigenvalue weighted by Crippen LogP contribution is 2.35. The number of sulfonamides is 4. The van der Waals surface area contributed by atoms with E-state index >= 15 is 0 Å². The Balaban J connectivity index is 0.000000287. The van der Waals surface area contributed by atoms with Gasteiger partial charge in [0.05, 0.1) is 87.7 Å². The fourth-order valence-corrected chi connectivity index (χ4v) is 22.2. The van der Waals surface area contributed by atoms with E-state index in [-0.39, 0.29) is 143 Å². The van der Waals surface area contributed by atoms with Gasteiger partial charge in [0.2, 0.25) is 79.3 Å². The zero-order chi connectivity index (χ0) is 111. The maximum absolute atomic E-state index is 13.4. The van der Waals surface area contributed by atoms with Crippen LogP contribution in [0.5, 0.6) is 0 Å². The average molecular weight is 2120 g/mol. The number of nitrogens with one attached hydrogen (secondary N) is 5. The van der Waals surface area contributed by atoms with Crippen molar-refractivity contribution in [2.24, 2.45) is 40.4 Å². The van der Waals surface area contributed by atoms with Crippen LogP contribution >= 0.6 is 0 Å². The molecule has 1 aliphatic heterocycles. The van der Waals surface area contributed by atoms with Gasteiger partial charge in [-0.15, -0.1) is 0 Å². The second kappa shape index (κ2) is 60.6. The fourth-order valence-electron chi connectivity index (χ4n) is 15.7. The molecule has 149 heavy (non-hydrogen) atoms. The molecule has 0 bridgehead atoms. The Kier molecular flexibility index (Phi) is 50.8. The van der Waals surface area contributed by atoms with E-state index in [1.807, 2.05) is 207 Å². The summed E-state index contributed by atoms with van der Waals surface area (Å²) in [6.07, 6.45) is 0.0604. The number of non-ortho nitro benzene ring substituents is 4. The number of amides is 5. The van der Waals surface area contributed by atoms with Crippen molar-refractivity contribution in [1.29, 1.82) is 0 Å². The summed E-state index contributed by atoms with van der Waals surface area (Å²) in [6.45, 7) is 20.4. The Morgan fingerprint density at radius 3 is 0.946 bits per heavy atom. The number of azide groups is 1. The highest BCUT2D eigenvalue weighted by molar-refractivity contribution is 7.90. The molecular formula is C99H125B5N18O23S4. The molecule has 788 valence electrons. The molecule has 50 heteroatoms. The van der Waals surface area contributed by atoms with Gasteiger partial charge < -0.3 is 47.4 Å². The molecule has 10 atom stereocenters. The van der Waals surface area contributed by atoms with Crippen LogP contribution in [0.1, 0.15) is 97.1 Å². The van der Waals surface area contributed by atoms with Crippen molar-refractivity contribution in [3.63, 3.8) is 0 Å². The number of carbonyl (C=O) groups excluding carboxylic acids is 5. The maximum Gasteiger partial charge on any atom is 0.269 e. The number of rotatable bonds is 51. The number of hydrogen-bond donors (Lipinski definition) is 8. The number of aliphatic hydroxyl groups is 2. The van der Waals surface area contributed by atoms with Crippen molar-refractivity contribution in [3.05, 3.63) is 327 Å². The molecule has 0 saturated carbocycles. The second-order valence-electron chi connectivity index (χ2n) is 37.3. The summed E-state index contributed by atoms with van der Waals surface area (Å²) in [5.74, 6) is -3.29. The predicted molar refractivity (Wildman–Crippen MR) is 571 cm³/mol. The minimum Gasteiger partial charge on any atom is -0.390 e. The number of nitro groups is 4. The summed E-state index contributed by atoms with van der Waals surface area (Å²) >= 11 is 0. The van der Waals surface area contributed by atoms with E-state index in [0.717, 1.165) is 104 Å². The van der Waals surface area contributed by atoms with Crippen LogP contribution < -0.4 is 32.3 Å². The largest absolute Gasteiger partial charge is 0.390 e. The smallest absolute Gasteiger partial charge is 0.269 e. The Labute approximate surface area is 876 Å². The summed E-state index contributed by atoms with van der Waals surface area (Å²) in [4.78, 5) is 103. The van der Waals surface area contributed by atoms with Gasteiger partial charge in [0, 0.05) is 124 Å². The van der Waals surface area contributed by atoms with Crippen molar-refractivity contribution in [1.82, 2.24) is 48.7 Å². The van der Waals surface area contributed by atoms with Gasteiger partial charge in [0.1, 0.15) is 0 Å².